The summed E-state index contributed by atoms with van der Waals surface area (Å²) in [5, 5.41) is 4.56. The first kappa shape index (κ1) is 13.8. The first-order valence-electron chi connectivity index (χ1n) is 7.29. The fourth-order valence-electron chi connectivity index (χ4n) is 2.67. The molecule has 0 fully saturated rings. The van der Waals surface area contributed by atoms with Crippen LogP contribution in [-0.4, -0.2) is 12.0 Å². The number of hydrogen-bond acceptors (Lipinski definition) is 2. The van der Waals surface area contributed by atoms with E-state index >= 15 is 0 Å². The molecular weight excluding hydrogens is 256 g/mol. The van der Waals surface area contributed by atoms with E-state index in [1.54, 1.807) is 0 Å². The maximum Gasteiger partial charge on any atom is 0.0749 e. The second-order valence-electron chi connectivity index (χ2n) is 5.49. The van der Waals surface area contributed by atoms with Gasteiger partial charge in [0.2, 0.25) is 0 Å². The van der Waals surface area contributed by atoms with Crippen LogP contribution in [0.2, 0.25) is 0 Å². The number of rotatable bonds is 3. The van der Waals surface area contributed by atoms with E-state index in [1.807, 2.05) is 19.2 Å². The van der Waals surface area contributed by atoms with Crippen LogP contribution < -0.4 is 5.32 Å². The summed E-state index contributed by atoms with van der Waals surface area (Å²) < 4.78 is 0. The topological polar surface area (TPSA) is 24.9 Å². The van der Waals surface area contributed by atoms with Gasteiger partial charge < -0.3 is 5.32 Å². The summed E-state index contributed by atoms with van der Waals surface area (Å²) in [6, 6.07) is 19.2. The molecule has 2 aromatic carbocycles. The van der Waals surface area contributed by atoms with E-state index < -0.39 is 0 Å². The van der Waals surface area contributed by atoms with Crippen LogP contribution in [-0.2, 0) is 0 Å². The lowest BCUT2D eigenvalue weighted by atomic mass is 9.98. The minimum atomic E-state index is 0.119. The first-order chi connectivity index (χ1) is 10.2. The second kappa shape index (κ2) is 5.66. The molecule has 1 heterocycles. The lowest BCUT2D eigenvalue weighted by Crippen LogP contribution is -2.19. The Morgan fingerprint density at radius 3 is 2.48 bits per heavy atom. The van der Waals surface area contributed by atoms with Crippen molar-refractivity contribution in [2.45, 2.75) is 19.9 Å². The van der Waals surface area contributed by atoms with E-state index in [4.69, 9.17) is 4.98 Å². The third kappa shape index (κ3) is 2.67. The van der Waals surface area contributed by atoms with Crippen LogP contribution in [0.3, 0.4) is 0 Å². The Balaban J connectivity index is 2.06. The molecule has 0 saturated carbocycles. The highest BCUT2D eigenvalue weighted by Crippen LogP contribution is 2.24. The molecule has 1 unspecified atom stereocenters. The summed E-state index contributed by atoms with van der Waals surface area (Å²) in [6.45, 7) is 4.29. The second-order valence-corrected chi connectivity index (χ2v) is 5.49. The fourth-order valence-corrected chi connectivity index (χ4v) is 2.67. The van der Waals surface area contributed by atoms with Crippen molar-refractivity contribution in [3.8, 4) is 0 Å². The van der Waals surface area contributed by atoms with Gasteiger partial charge in [-0.3, -0.25) is 4.98 Å². The molecule has 1 atom stereocenters. The first-order valence-corrected chi connectivity index (χ1v) is 7.29. The van der Waals surface area contributed by atoms with Gasteiger partial charge in [-0.1, -0.05) is 42.5 Å². The number of aromatic nitrogens is 1. The minimum absolute atomic E-state index is 0.119. The van der Waals surface area contributed by atoms with Crippen LogP contribution in [0.25, 0.3) is 10.9 Å². The fraction of sp³-hybridized carbons (Fsp3) is 0.211. The maximum atomic E-state index is 4.81. The number of fused-ring (bicyclic) bond motifs is 1. The predicted octanol–water partition coefficient (Wildman–Crippen LogP) is 4.16. The lowest BCUT2D eigenvalue weighted by Gasteiger charge is -2.18. The zero-order chi connectivity index (χ0) is 14.8. The van der Waals surface area contributed by atoms with Crippen LogP contribution in [0.1, 0.15) is 28.4 Å². The summed E-state index contributed by atoms with van der Waals surface area (Å²) in [5.74, 6) is 0. The van der Waals surface area contributed by atoms with Crippen molar-refractivity contribution >= 4 is 10.9 Å². The van der Waals surface area contributed by atoms with Gasteiger partial charge in [0.05, 0.1) is 17.3 Å². The van der Waals surface area contributed by atoms with Gasteiger partial charge in [-0.05, 0) is 49.7 Å². The van der Waals surface area contributed by atoms with Gasteiger partial charge in [-0.15, -0.1) is 0 Å². The van der Waals surface area contributed by atoms with Gasteiger partial charge >= 0.3 is 0 Å². The highest BCUT2D eigenvalue weighted by atomic mass is 14.9. The number of pyridine rings is 1. The van der Waals surface area contributed by atoms with Gasteiger partial charge in [0.15, 0.2) is 0 Å². The van der Waals surface area contributed by atoms with Gasteiger partial charge in [-0.2, -0.15) is 0 Å². The van der Waals surface area contributed by atoms with Crippen molar-refractivity contribution in [1.29, 1.82) is 0 Å². The molecule has 106 valence electrons. The lowest BCUT2D eigenvalue weighted by molar-refractivity contribution is 0.673. The Hall–Kier alpha value is -2.19. The molecule has 1 aromatic heterocycles. The Morgan fingerprint density at radius 1 is 0.905 bits per heavy atom. The highest BCUT2D eigenvalue weighted by molar-refractivity contribution is 5.78. The number of nitrogens with zero attached hydrogens (tertiary/aromatic N) is 1. The van der Waals surface area contributed by atoms with E-state index in [-0.39, 0.29) is 6.04 Å². The number of benzene rings is 2. The van der Waals surface area contributed by atoms with Crippen LogP contribution in [0, 0.1) is 13.8 Å². The number of hydrogen-bond donors (Lipinski definition) is 1. The zero-order valence-electron chi connectivity index (χ0n) is 12.7. The molecule has 0 saturated heterocycles. The molecular formula is C19H20N2. The average molecular weight is 276 g/mol. The van der Waals surface area contributed by atoms with Gasteiger partial charge in [0.25, 0.3) is 0 Å². The monoisotopic (exact) mass is 276 g/mol. The molecule has 0 aliphatic heterocycles. The third-order valence-electron chi connectivity index (χ3n) is 4.07. The van der Waals surface area contributed by atoms with Crippen molar-refractivity contribution in [1.82, 2.24) is 10.3 Å². The van der Waals surface area contributed by atoms with Crippen LogP contribution in [0.4, 0.5) is 0 Å². The standard InChI is InChI=1S/C19H20N2/c1-13-8-9-16(12-14(13)2)19(20-3)18-11-10-15-6-4-5-7-17(15)21-18/h4-12,19-20H,1-3H3. The molecule has 0 aliphatic rings. The van der Waals surface area contributed by atoms with Gasteiger partial charge in [0.1, 0.15) is 0 Å². The van der Waals surface area contributed by atoms with Crippen LogP contribution >= 0.6 is 0 Å². The van der Waals surface area contributed by atoms with Crippen molar-refractivity contribution in [3.63, 3.8) is 0 Å². The van der Waals surface area contributed by atoms with Gasteiger partial charge in [-0.25, -0.2) is 0 Å². The zero-order valence-corrected chi connectivity index (χ0v) is 12.7. The molecule has 2 heteroatoms. The van der Waals surface area contributed by atoms with Crippen molar-refractivity contribution in [2.24, 2.45) is 0 Å². The van der Waals surface area contributed by atoms with E-state index in [0.29, 0.717) is 0 Å². The average Bonchev–Trinajstić information content (AvgIpc) is 2.51. The normalized spacial score (nSPS) is 12.5. The van der Waals surface area contributed by atoms with Crippen molar-refractivity contribution < 1.29 is 0 Å². The van der Waals surface area contributed by atoms with E-state index in [9.17, 15) is 0 Å². The number of nitrogens with one attached hydrogen (secondary N) is 1. The van der Waals surface area contributed by atoms with Crippen LogP contribution in [0.5, 0.6) is 0 Å². The van der Waals surface area contributed by atoms with Gasteiger partial charge in [0, 0.05) is 5.39 Å². The molecule has 2 nitrogen and oxygen atoms in total. The summed E-state index contributed by atoms with van der Waals surface area (Å²) >= 11 is 0. The Labute approximate surface area is 125 Å². The van der Waals surface area contributed by atoms with Crippen molar-refractivity contribution in [2.75, 3.05) is 7.05 Å². The molecule has 21 heavy (non-hydrogen) atoms. The number of para-hydroxylation sites is 1. The number of aryl methyl sites for hydroxylation is 2. The molecule has 1 N–H and O–H groups in total. The quantitative estimate of drug-likeness (QED) is 0.777. The van der Waals surface area contributed by atoms with E-state index in [0.717, 1.165) is 11.2 Å². The van der Waals surface area contributed by atoms with Crippen molar-refractivity contribution in [3.05, 3.63) is 77.0 Å². The minimum Gasteiger partial charge on any atom is -0.308 e. The smallest absolute Gasteiger partial charge is 0.0749 e. The van der Waals surface area contributed by atoms with E-state index in [2.05, 4.69) is 61.6 Å². The summed E-state index contributed by atoms with van der Waals surface area (Å²) in [5.41, 5.74) is 5.98. The molecule has 0 bridgehead atoms. The highest BCUT2D eigenvalue weighted by Gasteiger charge is 2.14. The maximum absolute atomic E-state index is 4.81. The Bertz CT molecular complexity index is 777. The Kier molecular flexibility index (Phi) is 3.72. The molecule has 3 aromatic rings. The summed E-state index contributed by atoms with van der Waals surface area (Å²) in [4.78, 5) is 4.81. The predicted molar refractivity (Wildman–Crippen MR) is 88.6 cm³/mol. The van der Waals surface area contributed by atoms with E-state index in [1.165, 1.54) is 22.1 Å². The largest absolute Gasteiger partial charge is 0.308 e. The Morgan fingerprint density at radius 2 is 1.71 bits per heavy atom. The molecule has 0 amide bonds. The summed E-state index contributed by atoms with van der Waals surface area (Å²) in [7, 11) is 1.98. The van der Waals surface area contributed by atoms with Crippen LogP contribution in [0.15, 0.2) is 54.6 Å². The molecule has 0 spiro atoms. The summed E-state index contributed by atoms with van der Waals surface area (Å²) in [6.07, 6.45) is 0. The molecule has 0 radical (unpaired) electrons. The molecule has 0 aliphatic carbocycles. The third-order valence-corrected chi connectivity index (χ3v) is 4.07. The SMILES string of the molecule is CNC(c1ccc(C)c(C)c1)c1ccc2ccccc2n1. The molecule has 3 rings (SSSR count).